The Morgan fingerprint density at radius 1 is 1.39 bits per heavy atom. The molecule has 1 saturated heterocycles. The number of hydrogen-bond acceptors (Lipinski definition) is 3. The van der Waals surface area contributed by atoms with E-state index in [9.17, 15) is 0 Å². The maximum Gasteiger partial charge on any atom is 0.119 e. The van der Waals surface area contributed by atoms with Crippen LogP contribution in [0.25, 0.3) is 0 Å². The van der Waals surface area contributed by atoms with E-state index in [0.717, 1.165) is 25.4 Å². The van der Waals surface area contributed by atoms with Crippen LogP contribution in [0.1, 0.15) is 25.3 Å². The van der Waals surface area contributed by atoms with Crippen LogP contribution in [-0.4, -0.2) is 31.8 Å². The van der Waals surface area contributed by atoms with E-state index in [0.29, 0.717) is 12.1 Å². The van der Waals surface area contributed by atoms with Crippen molar-refractivity contribution >= 4 is 0 Å². The zero-order valence-electron chi connectivity index (χ0n) is 11.4. The summed E-state index contributed by atoms with van der Waals surface area (Å²) in [5.74, 6) is 0.955. The second-order valence-corrected chi connectivity index (χ2v) is 5.24. The summed E-state index contributed by atoms with van der Waals surface area (Å²) in [6, 6.07) is 9.21. The van der Waals surface area contributed by atoms with Gasteiger partial charge in [0.25, 0.3) is 0 Å². The first-order valence-corrected chi connectivity index (χ1v) is 6.90. The highest BCUT2D eigenvalue weighted by Gasteiger charge is 2.15. The molecule has 18 heavy (non-hydrogen) atoms. The molecule has 0 bridgehead atoms. The number of rotatable bonds is 5. The van der Waals surface area contributed by atoms with Gasteiger partial charge in [-0.05, 0) is 45.4 Å². The number of nitrogens with one attached hydrogen (secondary N) is 2. The van der Waals surface area contributed by atoms with Gasteiger partial charge in [0.1, 0.15) is 12.4 Å². The minimum atomic E-state index is 0.385. The third kappa shape index (κ3) is 4.31. The first kappa shape index (κ1) is 13.4. The van der Waals surface area contributed by atoms with Crippen LogP contribution in [0.2, 0.25) is 0 Å². The third-order valence-electron chi connectivity index (χ3n) is 3.34. The lowest BCUT2D eigenvalue weighted by Crippen LogP contribution is -2.48. The average Bonchev–Trinajstić information content (AvgIpc) is 2.39. The van der Waals surface area contributed by atoms with Crippen LogP contribution in [0.15, 0.2) is 24.3 Å². The van der Waals surface area contributed by atoms with E-state index in [1.54, 1.807) is 0 Å². The molecule has 0 aromatic heterocycles. The smallest absolute Gasteiger partial charge is 0.119 e. The maximum absolute atomic E-state index is 5.78. The topological polar surface area (TPSA) is 33.3 Å². The summed E-state index contributed by atoms with van der Waals surface area (Å²) in [5, 5.41) is 7.03. The molecule has 0 spiro atoms. The van der Waals surface area contributed by atoms with E-state index >= 15 is 0 Å². The Labute approximate surface area is 110 Å². The Kier molecular flexibility index (Phi) is 5.02. The average molecular weight is 248 g/mol. The molecule has 2 N–H and O–H groups in total. The minimum absolute atomic E-state index is 0.385. The van der Waals surface area contributed by atoms with Crippen molar-refractivity contribution in [1.29, 1.82) is 0 Å². The van der Waals surface area contributed by atoms with Gasteiger partial charge in [-0.2, -0.15) is 0 Å². The molecule has 1 aromatic rings. The van der Waals surface area contributed by atoms with Crippen molar-refractivity contribution in [3.05, 3.63) is 29.8 Å². The van der Waals surface area contributed by atoms with Crippen LogP contribution in [0.4, 0.5) is 0 Å². The molecule has 2 unspecified atom stereocenters. The first-order chi connectivity index (χ1) is 8.74. The molecule has 100 valence electrons. The van der Waals surface area contributed by atoms with E-state index in [-0.39, 0.29) is 0 Å². The summed E-state index contributed by atoms with van der Waals surface area (Å²) in [6.45, 7) is 7.23. The van der Waals surface area contributed by atoms with Crippen molar-refractivity contribution in [1.82, 2.24) is 10.6 Å². The summed E-state index contributed by atoms with van der Waals surface area (Å²) >= 11 is 0. The largest absolute Gasteiger partial charge is 0.492 e. The van der Waals surface area contributed by atoms with Gasteiger partial charge in [0, 0.05) is 18.6 Å². The van der Waals surface area contributed by atoms with Crippen molar-refractivity contribution < 1.29 is 4.74 Å². The van der Waals surface area contributed by atoms with Crippen molar-refractivity contribution in [3.63, 3.8) is 0 Å². The van der Waals surface area contributed by atoms with Gasteiger partial charge in [-0.3, -0.25) is 0 Å². The van der Waals surface area contributed by atoms with Crippen LogP contribution in [0.3, 0.4) is 0 Å². The molecule has 1 heterocycles. The van der Waals surface area contributed by atoms with Gasteiger partial charge in [0.05, 0.1) is 0 Å². The normalized spacial score (nSPS) is 21.6. The van der Waals surface area contributed by atoms with E-state index in [1.807, 2.05) is 12.1 Å². The molecule has 0 aliphatic carbocycles. The van der Waals surface area contributed by atoms with Crippen molar-refractivity contribution in [2.45, 2.75) is 38.8 Å². The van der Waals surface area contributed by atoms with Gasteiger partial charge < -0.3 is 15.4 Å². The molecule has 0 amide bonds. The number of hydrogen-bond donors (Lipinski definition) is 2. The molecule has 1 aliphatic heterocycles. The fraction of sp³-hybridized carbons (Fsp3) is 0.600. The molecule has 3 nitrogen and oxygen atoms in total. The highest BCUT2D eigenvalue weighted by atomic mass is 16.5. The fourth-order valence-corrected chi connectivity index (χ4v) is 2.30. The third-order valence-corrected chi connectivity index (χ3v) is 3.34. The van der Waals surface area contributed by atoms with Crippen LogP contribution in [0.5, 0.6) is 5.75 Å². The molecule has 1 fully saturated rings. The second-order valence-electron chi connectivity index (χ2n) is 5.24. The summed E-state index contributed by atoms with van der Waals surface area (Å²) in [4.78, 5) is 0. The van der Waals surface area contributed by atoms with Gasteiger partial charge in [0.2, 0.25) is 0 Å². The van der Waals surface area contributed by atoms with E-state index in [1.165, 1.54) is 18.4 Å². The predicted octanol–water partition coefficient (Wildman–Crippen LogP) is 2.10. The number of piperidine rings is 1. The van der Waals surface area contributed by atoms with Crippen molar-refractivity contribution in [3.8, 4) is 5.75 Å². The van der Waals surface area contributed by atoms with Gasteiger partial charge in [-0.15, -0.1) is 0 Å². The van der Waals surface area contributed by atoms with E-state index < -0.39 is 0 Å². The molecule has 1 aliphatic rings. The molecular weight excluding hydrogens is 224 g/mol. The van der Waals surface area contributed by atoms with Gasteiger partial charge >= 0.3 is 0 Å². The molecule has 0 saturated carbocycles. The van der Waals surface area contributed by atoms with Crippen molar-refractivity contribution in [2.75, 3.05) is 19.7 Å². The quantitative estimate of drug-likeness (QED) is 0.837. The SMILES string of the molecule is Cc1ccc(OCC(C)NC2CCCNC2)cc1. The summed E-state index contributed by atoms with van der Waals surface area (Å²) in [5.41, 5.74) is 1.27. The number of benzene rings is 1. The van der Waals surface area contributed by atoms with Crippen LogP contribution in [-0.2, 0) is 0 Å². The highest BCUT2D eigenvalue weighted by Crippen LogP contribution is 2.11. The molecular formula is C15H24N2O. The Morgan fingerprint density at radius 2 is 2.17 bits per heavy atom. The van der Waals surface area contributed by atoms with Crippen LogP contribution < -0.4 is 15.4 Å². The predicted molar refractivity (Wildman–Crippen MR) is 75.2 cm³/mol. The Hall–Kier alpha value is -1.06. The zero-order valence-corrected chi connectivity index (χ0v) is 11.4. The lowest BCUT2D eigenvalue weighted by molar-refractivity contribution is 0.249. The summed E-state index contributed by atoms with van der Waals surface area (Å²) in [6.07, 6.45) is 2.53. The van der Waals surface area contributed by atoms with Gasteiger partial charge in [0.15, 0.2) is 0 Å². The molecule has 2 atom stereocenters. The fourth-order valence-electron chi connectivity index (χ4n) is 2.30. The Morgan fingerprint density at radius 3 is 2.83 bits per heavy atom. The number of ether oxygens (including phenoxy) is 1. The first-order valence-electron chi connectivity index (χ1n) is 6.90. The van der Waals surface area contributed by atoms with E-state index in [4.69, 9.17) is 4.74 Å². The zero-order chi connectivity index (χ0) is 12.8. The van der Waals surface area contributed by atoms with Crippen molar-refractivity contribution in [2.24, 2.45) is 0 Å². The highest BCUT2D eigenvalue weighted by molar-refractivity contribution is 5.26. The minimum Gasteiger partial charge on any atom is -0.492 e. The molecule has 2 rings (SSSR count). The summed E-state index contributed by atoms with van der Waals surface area (Å²) < 4.78 is 5.78. The Balaban J connectivity index is 1.70. The van der Waals surface area contributed by atoms with E-state index in [2.05, 4.69) is 36.6 Å². The number of aryl methyl sites for hydroxylation is 1. The Bertz CT molecular complexity index is 344. The maximum atomic E-state index is 5.78. The second kappa shape index (κ2) is 6.76. The monoisotopic (exact) mass is 248 g/mol. The lowest BCUT2D eigenvalue weighted by Gasteiger charge is -2.27. The standard InChI is InChI=1S/C15H24N2O/c1-12-5-7-15(8-6-12)18-11-13(2)17-14-4-3-9-16-10-14/h5-8,13-14,16-17H,3-4,9-11H2,1-2H3. The summed E-state index contributed by atoms with van der Waals surface area (Å²) in [7, 11) is 0. The molecule has 0 radical (unpaired) electrons. The van der Waals surface area contributed by atoms with Crippen LogP contribution >= 0.6 is 0 Å². The molecule has 3 heteroatoms. The molecule has 1 aromatic carbocycles. The van der Waals surface area contributed by atoms with Gasteiger partial charge in [-0.1, -0.05) is 17.7 Å². The lowest BCUT2D eigenvalue weighted by atomic mass is 10.1. The van der Waals surface area contributed by atoms with Gasteiger partial charge in [-0.25, -0.2) is 0 Å². The van der Waals surface area contributed by atoms with Crippen LogP contribution in [0, 0.1) is 6.92 Å².